The maximum atomic E-state index is 13.5. The van der Waals surface area contributed by atoms with Crippen molar-refractivity contribution in [1.29, 1.82) is 0 Å². The van der Waals surface area contributed by atoms with Crippen molar-refractivity contribution in [2.75, 3.05) is 0 Å². The van der Waals surface area contributed by atoms with Gasteiger partial charge in [-0.2, -0.15) is 0 Å². The molecule has 0 saturated heterocycles. The van der Waals surface area contributed by atoms with Crippen molar-refractivity contribution in [1.82, 2.24) is 10.2 Å². The van der Waals surface area contributed by atoms with Crippen molar-refractivity contribution in [2.45, 2.75) is 72.5 Å². The number of halogens is 2. The summed E-state index contributed by atoms with van der Waals surface area (Å²) in [5.74, 6) is -0.248. The lowest BCUT2D eigenvalue weighted by Crippen LogP contribution is -2.51. The Bertz CT molecular complexity index is 930. The summed E-state index contributed by atoms with van der Waals surface area (Å²) in [4.78, 5) is 28.2. The minimum atomic E-state index is -0.585. The Morgan fingerprint density at radius 2 is 1.71 bits per heavy atom. The molecule has 2 amide bonds. The maximum absolute atomic E-state index is 13.5. The molecule has 0 aliphatic heterocycles. The molecule has 2 aromatic rings. The van der Waals surface area contributed by atoms with E-state index < -0.39 is 6.04 Å². The molecule has 0 heterocycles. The van der Waals surface area contributed by atoms with Gasteiger partial charge in [-0.25, -0.2) is 0 Å². The number of hydrogen-bond donors (Lipinski definition) is 1. The molecule has 1 N–H and O–H groups in total. The minimum absolute atomic E-state index is 0.0386. The van der Waals surface area contributed by atoms with Crippen molar-refractivity contribution in [3.05, 3.63) is 68.7 Å². The summed E-state index contributed by atoms with van der Waals surface area (Å²) in [7, 11) is 0. The minimum Gasteiger partial charge on any atom is -0.352 e. The molecule has 31 heavy (non-hydrogen) atoms. The van der Waals surface area contributed by atoms with Crippen LogP contribution in [0.3, 0.4) is 0 Å². The lowest BCUT2D eigenvalue weighted by molar-refractivity contribution is -0.141. The Labute approximate surface area is 195 Å². The number of nitrogens with zero attached hydrogens (tertiary/aromatic N) is 1. The van der Waals surface area contributed by atoms with E-state index >= 15 is 0 Å². The largest absolute Gasteiger partial charge is 0.352 e. The van der Waals surface area contributed by atoms with E-state index in [-0.39, 0.29) is 30.8 Å². The van der Waals surface area contributed by atoms with Crippen LogP contribution in [0.5, 0.6) is 0 Å². The predicted molar refractivity (Wildman–Crippen MR) is 129 cm³/mol. The van der Waals surface area contributed by atoms with Gasteiger partial charge < -0.3 is 10.2 Å². The highest BCUT2D eigenvalue weighted by molar-refractivity contribution is 6.35. The molecule has 0 aliphatic carbocycles. The Morgan fingerprint density at radius 1 is 1.00 bits per heavy atom. The average molecular weight is 463 g/mol. The van der Waals surface area contributed by atoms with Crippen molar-refractivity contribution in [3.63, 3.8) is 0 Å². The number of amides is 2. The maximum Gasteiger partial charge on any atom is 0.243 e. The molecule has 0 fully saturated rings. The molecule has 0 unspecified atom stereocenters. The van der Waals surface area contributed by atoms with E-state index in [9.17, 15) is 9.59 Å². The van der Waals surface area contributed by atoms with Crippen LogP contribution in [0.4, 0.5) is 0 Å². The van der Waals surface area contributed by atoms with Crippen molar-refractivity contribution < 1.29 is 9.59 Å². The highest BCUT2D eigenvalue weighted by atomic mass is 35.5. The first-order valence-electron chi connectivity index (χ1n) is 10.8. The van der Waals surface area contributed by atoms with E-state index in [2.05, 4.69) is 5.32 Å². The number of carbonyl (C=O) groups excluding carboxylic acids is 2. The summed E-state index contributed by atoms with van der Waals surface area (Å²) in [6, 6.07) is 10.7. The van der Waals surface area contributed by atoms with Gasteiger partial charge in [0.15, 0.2) is 0 Å². The SMILES string of the molecule is CC[C@@H](C)NC(=O)[C@H](CC)N(Cc1ccc(Cl)cc1Cl)C(=O)Cc1cc(C)ccc1C. The molecular formula is C25H32Cl2N2O2. The molecule has 0 bridgehead atoms. The Balaban J connectivity index is 2.38. The fourth-order valence-corrected chi connectivity index (χ4v) is 3.92. The van der Waals surface area contributed by atoms with Gasteiger partial charge in [0, 0.05) is 22.6 Å². The van der Waals surface area contributed by atoms with Gasteiger partial charge in [-0.05, 0) is 62.4 Å². The summed E-state index contributed by atoms with van der Waals surface area (Å²) < 4.78 is 0. The molecule has 2 rings (SSSR count). The third-order valence-corrected chi connectivity index (χ3v) is 6.18. The van der Waals surface area contributed by atoms with E-state index in [1.807, 2.05) is 58.9 Å². The summed E-state index contributed by atoms with van der Waals surface area (Å²) in [6.45, 7) is 10.1. The van der Waals surface area contributed by atoms with Gasteiger partial charge in [0.05, 0.1) is 6.42 Å². The molecule has 0 saturated carbocycles. The van der Waals surface area contributed by atoms with Crippen LogP contribution < -0.4 is 5.32 Å². The van der Waals surface area contributed by atoms with Crippen LogP contribution in [-0.2, 0) is 22.6 Å². The average Bonchev–Trinajstić information content (AvgIpc) is 2.71. The lowest BCUT2D eigenvalue weighted by Gasteiger charge is -2.32. The van der Waals surface area contributed by atoms with Gasteiger partial charge in [-0.1, -0.05) is 66.9 Å². The van der Waals surface area contributed by atoms with E-state index in [0.29, 0.717) is 16.5 Å². The van der Waals surface area contributed by atoms with E-state index in [1.165, 1.54) is 0 Å². The van der Waals surface area contributed by atoms with Crippen LogP contribution in [0.2, 0.25) is 10.0 Å². The zero-order chi connectivity index (χ0) is 23.1. The lowest BCUT2D eigenvalue weighted by atomic mass is 10.0. The molecule has 168 valence electrons. The second kappa shape index (κ2) is 11.5. The first kappa shape index (κ1) is 25.2. The number of carbonyl (C=O) groups is 2. The number of benzene rings is 2. The van der Waals surface area contributed by atoms with Crippen LogP contribution in [0.25, 0.3) is 0 Å². The third kappa shape index (κ3) is 6.98. The van der Waals surface area contributed by atoms with Gasteiger partial charge in [0.25, 0.3) is 0 Å². The first-order valence-corrected chi connectivity index (χ1v) is 11.5. The van der Waals surface area contributed by atoms with Crippen molar-refractivity contribution >= 4 is 35.0 Å². The van der Waals surface area contributed by atoms with E-state index in [0.717, 1.165) is 28.7 Å². The van der Waals surface area contributed by atoms with Gasteiger partial charge in [-0.3, -0.25) is 9.59 Å². The van der Waals surface area contributed by atoms with Crippen LogP contribution >= 0.6 is 23.2 Å². The predicted octanol–water partition coefficient (Wildman–Crippen LogP) is 5.87. The normalized spacial score (nSPS) is 12.9. The summed E-state index contributed by atoms with van der Waals surface area (Å²) >= 11 is 12.4. The first-order chi connectivity index (χ1) is 14.7. The van der Waals surface area contributed by atoms with Crippen LogP contribution in [-0.4, -0.2) is 28.8 Å². The molecule has 0 spiro atoms. The molecule has 4 nitrogen and oxygen atoms in total. The van der Waals surface area contributed by atoms with E-state index in [1.54, 1.807) is 17.0 Å². The molecular weight excluding hydrogens is 431 g/mol. The van der Waals surface area contributed by atoms with Gasteiger partial charge in [-0.15, -0.1) is 0 Å². The fraction of sp³-hybridized carbons (Fsp3) is 0.440. The van der Waals surface area contributed by atoms with Crippen LogP contribution in [0, 0.1) is 13.8 Å². The Morgan fingerprint density at radius 3 is 2.32 bits per heavy atom. The zero-order valence-corrected chi connectivity index (χ0v) is 20.5. The number of hydrogen-bond acceptors (Lipinski definition) is 2. The summed E-state index contributed by atoms with van der Waals surface area (Å²) in [5, 5.41) is 4.03. The number of aryl methyl sites for hydroxylation is 2. The molecule has 0 aromatic heterocycles. The highest BCUT2D eigenvalue weighted by Gasteiger charge is 2.30. The second-order valence-corrected chi connectivity index (χ2v) is 8.95. The van der Waals surface area contributed by atoms with Crippen LogP contribution in [0.15, 0.2) is 36.4 Å². The Hall–Kier alpha value is -2.04. The molecule has 2 aromatic carbocycles. The van der Waals surface area contributed by atoms with Gasteiger partial charge >= 0.3 is 0 Å². The highest BCUT2D eigenvalue weighted by Crippen LogP contribution is 2.24. The smallest absolute Gasteiger partial charge is 0.243 e. The zero-order valence-electron chi connectivity index (χ0n) is 19.0. The van der Waals surface area contributed by atoms with Crippen molar-refractivity contribution in [3.8, 4) is 0 Å². The third-order valence-electron chi connectivity index (χ3n) is 5.59. The molecule has 6 heteroatoms. The van der Waals surface area contributed by atoms with E-state index in [4.69, 9.17) is 23.2 Å². The molecule has 0 radical (unpaired) electrons. The molecule has 0 aliphatic rings. The van der Waals surface area contributed by atoms with Crippen molar-refractivity contribution in [2.24, 2.45) is 0 Å². The van der Waals surface area contributed by atoms with Crippen LogP contribution in [0.1, 0.15) is 55.9 Å². The topological polar surface area (TPSA) is 49.4 Å². The second-order valence-electron chi connectivity index (χ2n) is 8.11. The summed E-state index contributed by atoms with van der Waals surface area (Å²) in [6.07, 6.45) is 1.56. The van der Waals surface area contributed by atoms with Gasteiger partial charge in [0.1, 0.15) is 6.04 Å². The monoisotopic (exact) mass is 462 g/mol. The fourth-order valence-electron chi connectivity index (χ4n) is 3.45. The number of nitrogens with one attached hydrogen (secondary N) is 1. The quantitative estimate of drug-likeness (QED) is 0.505. The molecule has 2 atom stereocenters. The Kier molecular flexibility index (Phi) is 9.39. The summed E-state index contributed by atoms with van der Waals surface area (Å²) in [5.41, 5.74) is 3.88. The number of rotatable bonds is 9. The van der Waals surface area contributed by atoms with Gasteiger partial charge in [0.2, 0.25) is 11.8 Å². The standard InChI is InChI=1S/C25H32Cl2N2O2/c1-6-18(5)28-25(31)23(7-2)29(15-19-10-11-21(26)14-22(19)27)24(30)13-20-12-16(3)8-9-17(20)4/h8-12,14,18,23H,6-7,13,15H2,1-5H3,(H,28,31)/t18-,23+/m1/s1.